The molecule has 4 N–H and O–H groups in total. The average Bonchev–Trinajstić information content (AvgIpc) is 3.18. The number of hydrogen-bond donors (Lipinski definition) is 3. The number of aromatic nitrogens is 4. The summed E-state index contributed by atoms with van der Waals surface area (Å²) < 4.78 is 3.31. The molecule has 0 unspecified atom stereocenters. The average molecular weight is 438 g/mol. The number of primary amides is 1. The minimum atomic E-state index is -0.610. The van der Waals surface area contributed by atoms with Crippen LogP contribution in [0, 0.1) is 0 Å². The quantitative estimate of drug-likeness (QED) is 0.558. The summed E-state index contributed by atoms with van der Waals surface area (Å²) in [5.74, 6) is 0.433. The minimum absolute atomic E-state index is 0.0780. The van der Waals surface area contributed by atoms with Gasteiger partial charge < -0.3 is 20.9 Å². The topological polar surface area (TPSA) is 119 Å². The van der Waals surface area contributed by atoms with E-state index in [1.165, 1.54) is 42.8 Å². The van der Waals surface area contributed by atoms with Gasteiger partial charge in [0.05, 0.1) is 6.20 Å². The van der Waals surface area contributed by atoms with Crippen LogP contribution in [0.3, 0.4) is 0 Å². The van der Waals surface area contributed by atoms with Crippen molar-refractivity contribution in [3.05, 3.63) is 46.5 Å². The fourth-order valence-corrected chi connectivity index (χ4v) is 4.02. The molecule has 3 aromatic rings. The van der Waals surface area contributed by atoms with Crippen LogP contribution in [0.15, 0.2) is 35.4 Å². The maximum Gasteiger partial charge on any atom is 0.274 e. The van der Waals surface area contributed by atoms with E-state index in [-0.39, 0.29) is 17.2 Å². The van der Waals surface area contributed by atoms with Gasteiger partial charge in [-0.25, -0.2) is 4.98 Å². The molecule has 32 heavy (non-hydrogen) atoms. The number of amides is 1. The molecule has 9 heteroatoms. The summed E-state index contributed by atoms with van der Waals surface area (Å²) in [7, 11) is 1.74. The second-order valence-corrected chi connectivity index (χ2v) is 8.40. The van der Waals surface area contributed by atoms with Crippen molar-refractivity contribution in [1.29, 1.82) is 0 Å². The van der Waals surface area contributed by atoms with Crippen molar-refractivity contribution >= 4 is 28.9 Å². The smallest absolute Gasteiger partial charge is 0.274 e. The highest BCUT2D eigenvalue weighted by atomic mass is 16.1. The Kier molecular flexibility index (Phi) is 6.72. The Bertz CT molecular complexity index is 1140. The van der Waals surface area contributed by atoms with E-state index in [1.807, 2.05) is 16.8 Å². The molecule has 3 heterocycles. The van der Waals surface area contributed by atoms with E-state index in [4.69, 9.17) is 5.73 Å². The van der Waals surface area contributed by atoms with Gasteiger partial charge in [0, 0.05) is 25.4 Å². The number of carbonyl (C=O) groups excluding carboxylic acids is 1. The molecule has 2 aliphatic carbocycles. The highest BCUT2D eigenvalue weighted by molar-refractivity contribution is 5.98. The van der Waals surface area contributed by atoms with Crippen molar-refractivity contribution in [2.75, 3.05) is 17.7 Å². The molecule has 2 saturated carbocycles. The summed E-state index contributed by atoms with van der Waals surface area (Å²) in [6.07, 6.45) is 14.8. The van der Waals surface area contributed by atoms with Crippen molar-refractivity contribution in [2.45, 2.75) is 63.8 Å². The number of carbonyl (C=O) groups is 1. The number of nitrogens with one attached hydrogen (secondary N) is 2. The lowest BCUT2D eigenvalue weighted by Crippen LogP contribution is -2.27. The van der Waals surface area contributed by atoms with Gasteiger partial charge in [-0.2, -0.15) is 9.61 Å². The van der Waals surface area contributed by atoms with E-state index < -0.39 is 5.91 Å². The Morgan fingerprint density at radius 1 is 1.12 bits per heavy atom. The van der Waals surface area contributed by atoms with Crippen LogP contribution in [0.4, 0.5) is 17.3 Å². The Morgan fingerprint density at radius 2 is 1.81 bits per heavy atom. The monoisotopic (exact) mass is 437 g/mol. The summed E-state index contributed by atoms with van der Waals surface area (Å²) in [6, 6.07) is 5.56. The Hall–Kier alpha value is -3.36. The van der Waals surface area contributed by atoms with E-state index >= 15 is 0 Å². The fraction of sp³-hybridized carbons (Fsp3) is 0.478. The normalized spacial score (nSPS) is 16.0. The van der Waals surface area contributed by atoms with Crippen LogP contribution >= 0.6 is 0 Å². The van der Waals surface area contributed by atoms with Crippen molar-refractivity contribution in [3.63, 3.8) is 0 Å². The van der Waals surface area contributed by atoms with Gasteiger partial charge in [-0.05, 0) is 25.0 Å². The highest BCUT2D eigenvalue weighted by Gasteiger charge is 2.18. The molecule has 170 valence electrons. The van der Waals surface area contributed by atoms with Gasteiger partial charge in [0.15, 0.2) is 5.65 Å². The second kappa shape index (κ2) is 9.84. The lowest BCUT2D eigenvalue weighted by molar-refractivity contribution is 0.100. The molecule has 0 aliphatic heterocycles. The zero-order chi connectivity index (χ0) is 22.5. The third-order valence-corrected chi connectivity index (χ3v) is 6.20. The third kappa shape index (κ3) is 4.61. The van der Waals surface area contributed by atoms with Crippen molar-refractivity contribution in [3.8, 4) is 0 Å². The van der Waals surface area contributed by atoms with E-state index in [0.29, 0.717) is 23.0 Å². The van der Waals surface area contributed by atoms with Crippen LogP contribution in [-0.2, 0) is 0 Å². The van der Waals surface area contributed by atoms with E-state index in [0.717, 1.165) is 25.7 Å². The fourth-order valence-electron chi connectivity index (χ4n) is 4.02. The van der Waals surface area contributed by atoms with Gasteiger partial charge in [-0.3, -0.25) is 9.59 Å². The SMILES string of the molecule is C1CCC1.CNc1cc(Nc2cccn(C3CCCCC3)c2=O)nc2c(C(N)=O)cnn12. The van der Waals surface area contributed by atoms with Crippen molar-refractivity contribution in [1.82, 2.24) is 19.2 Å². The van der Waals surface area contributed by atoms with Crippen molar-refractivity contribution < 1.29 is 4.79 Å². The predicted molar refractivity (Wildman–Crippen MR) is 126 cm³/mol. The predicted octanol–water partition coefficient (Wildman–Crippen LogP) is 3.84. The van der Waals surface area contributed by atoms with Crippen LogP contribution in [0.1, 0.15) is 74.2 Å². The zero-order valence-electron chi connectivity index (χ0n) is 18.5. The molecule has 1 amide bonds. The number of pyridine rings is 1. The number of nitrogens with two attached hydrogens (primary N) is 1. The summed E-state index contributed by atoms with van der Waals surface area (Å²) in [4.78, 5) is 29.1. The first kappa shape index (κ1) is 21.9. The maximum atomic E-state index is 13.0. The molecule has 0 aromatic carbocycles. The first-order valence-electron chi connectivity index (χ1n) is 11.4. The van der Waals surface area contributed by atoms with Crippen LogP contribution in [0.2, 0.25) is 0 Å². The van der Waals surface area contributed by atoms with Gasteiger partial charge in [0.2, 0.25) is 0 Å². The number of hydrogen-bond acceptors (Lipinski definition) is 6. The molecule has 2 fully saturated rings. The van der Waals surface area contributed by atoms with E-state index in [9.17, 15) is 9.59 Å². The first-order chi connectivity index (χ1) is 15.6. The van der Waals surface area contributed by atoms with Gasteiger partial charge in [-0.15, -0.1) is 0 Å². The van der Waals surface area contributed by atoms with Crippen LogP contribution in [0.25, 0.3) is 5.65 Å². The minimum Gasteiger partial charge on any atom is -0.373 e. The Morgan fingerprint density at radius 3 is 2.44 bits per heavy atom. The molecule has 0 bridgehead atoms. The molecule has 0 atom stereocenters. The van der Waals surface area contributed by atoms with E-state index in [1.54, 1.807) is 19.2 Å². The molecular weight excluding hydrogens is 406 g/mol. The van der Waals surface area contributed by atoms with Crippen molar-refractivity contribution in [2.24, 2.45) is 5.73 Å². The second-order valence-electron chi connectivity index (χ2n) is 8.40. The molecule has 2 aliphatic rings. The summed E-state index contributed by atoms with van der Waals surface area (Å²) in [5, 5.41) is 10.3. The van der Waals surface area contributed by atoms with E-state index in [2.05, 4.69) is 20.7 Å². The summed E-state index contributed by atoms with van der Waals surface area (Å²) in [6.45, 7) is 0. The lowest BCUT2D eigenvalue weighted by atomic mass is 9.95. The lowest BCUT2D eigenvalue weighted by Gasteiger charge is -2.24. The van der Waals surface area contributed by atoms with Gasteiger partial charge >= 0.3 is 0 Å². The molecule has 0 spiro atoms. The summed E-state index contributed by atoms with van der Waals surface area (Å²) >= 11 is 0. The number of nitrogens with zero attached hydrogens (tertiary/aromatic N) is 4. The highest BCUT2D eigenvalue weighted by Crippen LogP contribution is 2.27. The van der Waals surface area contributed by atoms with Crippen LogP contribution in [-0.4, -0.2) is 32.1 Å². The number of rotatable bonds is 5. The first-order valence-corrected chi connectivity index (χ1v) is 11.4. The molecule has 5 rings (SSSR count). The van der Waals surface area contributed by atoms with Gasteiger partial charge in [-0.1, -0.05) is 44.9 Å². The summed E-state index contributed by atoms with van der Waals surface area (Å²) in [5.41, 5.74) is 6.32. The van der Waals surface area contributed by atoms with Gasteiger partial charge in [0.25, 0.3) is 11.5 Å². The third-order valence-electron chi connectivity index (χ3n) is 6.20. The number of fused-ring (bicyclic) bond motifs is 1. The van der Waals surface area contributed by atoms with Crippen LogP contribution in [0.5, 0.6) is 0 Å². The number of anilines is 3. The molecule has 0 saturated heterocycles. The molecule has 0 radical (unpaired) electrons. The standard InChI is InChI=1S/C19H23N7O2.C4H8/c1-21-16-10-15(24-18-13(17(20)27)11-22-26(16)18)23-14-8-5-9-25(19(14)28)12-6-3-2-4-7-12;1-2-4-3-1/h5,8-12,21H,2-4,6-7H2,1H3,(H2,20,27)(H,23,24);1-4H2. The maximum absolute atomic E-state index is 13.0. The Labute approximate surface area is 187 Å². The Balaban J connectivity index is 0.000000552. The molecule has 9 nitrogen and oxygen atoms in total. The zero-order valence-corrected chi connectivity index (χ0v) is 18.5. The molecular formula is C23H31N7O2. The largest absolute Gasteiger partial charge is 0.373 e. The van der Waals surface area contributed by atoms with Crippen LogP contribution < -0.4 is 21.9 Å². The molecule has 3 aromatic heterocycles. The van der Waals surface area contributed by atoms with Gasteiger partial charge in [0.1, 0.15) is 22.9 Å².